The zero-order valence-corrected chi connectivity index (χ0v) is 12.4. The number of aromatic nitrogens is 1. The predicted molar refractivity (Wildman–Crippen MR) is 70.2 cm³/mol. The Balaban J connectivity index is 2.07. The minimum absolute atomic E-state index is 0.172. The van der Waals surface area contributed by atoms with Gasteiger partial charge in [0.25, 0.3) is 0 Å². The number of sulfonamides is 1. The summed E-state index contributed by atoms with van der Waals surface area (Å²) in [6.45, 7) is 2.30. The molecule has 0 saturated carbocycles. The summed E-state index contributed by atoms with van der Waals surface area (Å²) in [7, 11) is -2.18. The van der Waals surface area contributed by atoms with Crippen molar-refractivity contribution in [3.63, 3.8) is 0 Å². The van der Waals surface area contributed by atoms with Crippen LogP contribution in [0.25, 0.3) is 0 Å². The summed E-state index contributed by atoms with van der Waals surface area (Å²) in [6.07, 6.45) is 1.30. The van der Waals surface area contributed by atoms with Gasteiger partial charge in [-0.15, -0.1) is 0 Å². The van der Waals surface area contributed by atoms with Crippen molar-refractivity contribution in [3.8, 4) is 0 Å². The van der Waals surface area contributed by atoms with Gasteiger partial charge in [-0.1, -0.05) is 5.16 Å². The second-order valence-electron chi connectivity index (χ2n) is 4.91. The molecule has 1 saturated heterocycles. The smallest absolute Gasteiger partial charge is 0.309 e. The molecule has 2 rings (SSSR count). The average molecular weight is 302 g/mol. The van der Waals surface area contributed by atoms with Gasteiger partial charge in [-0.3, -0.25) is 4.79 Å². The Labute approximate surface area is 117 Å². The van der Waals surface area contributed by atoms with Gasteiger partial charge in [0.05, 0.1) is 13.0 Å². The van der Waals surface area contributed by atoms with E-state index in [1.54, 1.807) is 13.0 Å². The van der Waals surface area contributed by atoms with Crippen molar-refractivity contribution in [3.05, 3.63) is 17.5 Å². The lowest BCUT2D eigenvalue weighted by molar-refractivity contribution is -0.146. The highest BCUT2D eigenvalue weighted by Crippen LogP contribution is 2.22. The van der Waals surface area contributed by atoms with E-state index in [4.69, 9.17) is 4.52 Å². The van der Waals surface area contributed by atoms with Crippen LogP contribution >= 0.6 is 0 Å². The summed E-state index contributed by atoms with van der Waals surface area (Å²) in [5, 5.41) is 3.69. The lowest BCUT2D eigenvalue weighted by Gasteiger charge is -2.30. The molecule has 1 aromatic rings. The van der Waals surface area contributed by atoms with Crippen LogP contribution in [-0.4, -0.2) is 44.0 Å². The summed E-state index contributed by atoms with van der Waals surface area (Å²) in [4.78, 5) is 11.5. The molecule has 0 N–H and O–H groups in total. The summed E-state index contributed by atoms with van der Waals surface area (Å²) in [5.41, 5.74) is 0.377. The number of carbonyl (C=O) groups excluding carboxylic acids is 1. The van der Waals surface area contributed by atoms with E-state index in [0.29, 0.717) is 30.8 Å². The Hall–Kier alpha value is -1.41. The number of hydrogen-bond donors (Lipinski definition) is 0. The van der Waals surface area contributed by atoms with Crippen molar-refractivity contribution in [2.24, 2.45) is 5.92 Å². The van der Waals surface area contributed by atoms with Gasteiger partial charge in [0.2, 0.25) is 10.0 Å². The molecule has 0 radical (unpaired) electrons. The van der Waals surface area contributed by atoms with Crippen LogP contribution in [0.5, 0.6) is 0 Å². The third-order valence-corrected chi connectivity index (χ3v) is 5.10. The molecule has 1 unspecified atom stereocenters. The molecule has 1 aliphatic heterocycles. The van der Waals surface area contributed by atoms with Crippen LogP contribution < -0.4 is 0 Å². The van der Waals surface area contributed by atoms with Gasteiger partial charge < -0.3 is 9.26 Å². The van der Waals surface area contributed by atoms with Gasteiger partial charge in [-0.05, 0) is 19.8 Å². The van der Waals surface area contributed by atoms with E-state index in [1.165, 1.54) is 11.4 Å². The maximum absolute atomic E-state index is 12.3. The molecule has 20 heavy (non-hydrogen) atoms. The first-order valence-corrected chi connectivity index (χ1v) is 8.01. The molecular formula is C12H18N2O5S. The first-order chi connectivity index (χ1) is 9.42. The Morgan fingerprint density at radius 1 is 1.60 bits per heavy atom. The Morgan fingerprint density at radius 3 is 2.95 bits per heavy atom. The van der Waals surface area contributed by atoms with Crippen molar-refractivity contribution in [2.75, 3.05) is 20.2 Å². The van der Waals surface area contributed by atoms with E-state index in [2.05, 4.69) is 9.89 Å². The number of piperidine rings is 1. The highest BCUT2D eigenvalue weighted by Gasteiger charge is 2.33. The van der Waals surface area contributed by atoms with E-state index in [9.17, 15) is 13.2 Å². The molecule has 7 nitrogen and oxygen atoms in total. The fourth-order valence-corrected chi connectivity index (χ4v) is 3.82. The largest absolute Gasteiger partial charge is 0.469 e. The zero-order chi connectivity index (χ0) is 14.8. The number of nitrogens with zero attached hydrogens (tertiary/aromatic N) is 2. The van der Waals surface area contributed by atoms with E-state index in [1.807, 2.05) is 0 Å². The van der Waals surface area contributed by atoms with E-state index < -0.39 is 10.0 Å². The second kappa shape index (κ2) is 5.92. The number of carbonyl (C=O) groups is 1. The molecule has 0 aliphatic carbocycles. The molecule has 112 valence electrons. The third kappa shape index (κ3) is 3.37. The second-order valence-corrected chi connectivity index (χ2v) is 6.87. The topological polar surface area (TPSA) is 89.7 Å². The van der Waals surface area contributed by atoms with Gasteiger partial charge in [0.1, 0.15) is 17.2 Å². The van der Waals surface area contributed by atoms with E-state index in [-0.39, 0.29) is 24.2 Å². The lowest BCUT2D eigenvalue weighted by atomic mass is 10.0. The zero-order valence-electron chi connectivity index (χ0n) is 11.5. The predicted octanol–water partition coefficient (Wildman–Crippen LogP) is 0.698. The van der Waals surface area contributed by atoms with Crippen LogP contribution in [0.1, 0.15) is 24.3 Å². The summed E-state index contributed by atoms with van der Waals surface area (Å²) in [6, 6.07) is 1.60. The molecule has 0 amide bonds. The highest BCUT2D eigenvalue weighted by molar-refractivity contribution is 7.88. The highest BCUT2D eigenvalue weighted by atomic mass is 32.2. The fourth-order valence-electron chi connectivity index (χ4n) is 2.32. The van der Waals surface area contributed by atoms with Gasteiger partial charge in [0.15, 0.2) is 0 Å². The van der Waals surface area contributed by atoms with Crippen LogP contribution in [0.3, 0.4) is 0 Å². The number of hydrogen-bond acceptors (Lipinski definition) is 6. The normalized spacial score (nSPS) is 20.8. The first-order valence-electron chi connectivity index (χ1n) is 6.40. The Morgan fingerprint density at radius 2 is 2.35 bits per heavy atom. The third-order valence-electron chi connectivity index (χ3n) is 3.32. The monoisotopic (exact) mass is 302 g/mol. The molecule has 2 heterocycles. The molecule has 1 aromatic heterocycles. The molecule has 0 spiro atoms. The van der Waals surface area contributed by atoms with Gasteiger partial charge in [-0.2, -0.15) is 0 Å². The van der Waals surface area contributed by atoms with Crippen molar-refractivity contribution in [2.45, 2.75) is 25.5 Å². The fraction of sp³-hybridized carbons (Fsp3) is 0.667. The molecule has 1 atom stereocenters. The first kappa shape index (κ1) is 15.0. The summed E-state index contributed by atoms with van der Waals surface area (Å²) >= 11 is 0. The van der Waals surface area contributed by atoms with Gasteiger partial charge >= 0.3 is 5.97 Å². The maximum Gasteiger partial charge on any atom is 0.309 e. The Bertz CT molecular complexity index is 580. The minimum atomic E-state index is -3.49. The molecule has 1 fully saturated rings. The molecule has 1 aliphatic rings. The van der Waals surface area contributed by atoms with Crippen LogP contribution in [0.15, 0.2) is 10.6 Å². The summed E-state index contributed by atoms with van der Waals surface area (Å²) in [5.74, 6) is -0.385. The van der Waals surface area contributed by atoms with Crippen LogP contribution in [-0.2, 0) is 25.3 Å². The van der Waals surface area contributed by atoms with E-state index in [0.717, 1.165) is 0 Å². The molecule has 0 aromatic carbocycles. The molecular weight excluding hydrogens is 284 g/mol. The Kier molecular flexibility index (Phi) is 4.44. The SMILES string of the molecule is COC(=O)C1CCCN(S(=O)(=O)Cc2cc(C)on2)C1. The molecule has 8 heteroatoms. The van der Waals surface area contributed by atoms with Gasteiger partial charge in [0, 0.05) is 19.2 Å². The van der Waals surface area contributed by atoms with Crippen molar-refractivity contribution < 1.29 is 22.5 Å². The van der Waals surface area contributed by atoms with Crippen LogP contribution in [0.2, 0.25) is 0 Å². The number of rotatable bonds is 4. The average Bonchev–Trinajstić information content (AvgIpc) is 2.82. The quantitative estimate of drug-likeness (QED) is 0.760. The number of aryl methyl sites for hydroxylation is 1. The van der Waals surface area contributed by atoms with Crippen molar-refractivity contribution in [1.82, 2.24) is 9.46 Å². The minimum Gasteiger partial charge on any atom is -0.469 e. The van der Waals surface area contributed by atoms with Crippen LogP contribution in [0, 0.1) is 12.8 Å². The maximum atomic E-state index is 12.3. The molecule has 0 bridgehead atoms. The van der Waals surface area contributed by atoms with Crippen molar-refractivity contribution in [1.29, 1.82) is 0 Å². The van der Waals surface area contributed by atoms with E-state index >= 15 is 0 Å². The number of methoxy groups -OCH3 is 1. The van der Waals surface area contributed by atoms with Crippen LogP contribution in [0.4, 0.5) is 0 Å². The number of ether oxygens (including phenoxy) is 1. The number of esters is 1. The lowest BCUT2D eigenvalue weighted by Crippen LogP contribution is -2.43. The van der Waals surface area contributed by atoms with Gasteiger partial charge in [-0.25, -0.2) is 12.7 Å². The summed E-state index contributed by atoms with van der Waals surface area (Å²) < 4.78 is 35.5. The standard InChI is InChI=1S/C12H18N2O5S/c1-9-6-11(13-19-9)8-20(16,17)14-5-3-4-10(7-14)12(15)18-2/h6,10H,3-5,7-8H2,1-2H3. The van der Waals surface area contributed by atoms with Crippen molar-refractivity contribution >= 4 is 16.0 Å².